The van der Waals surface area contributed by atoms with Gasteiger partial charge in [0.15, 0.2) is 5.16 Å². The van der Waals surface area contributed by atoms with Gasteiger partial charge in [0.05, 0.1) is 22.0 Å². The highest BCUT2D eigenvalue weighted by Gasteiger charge is 2.17. The molecular weight excluding hydrogens is 438 g/mol. The molecule has 5 nitrogen and oxygen atoms in total. The third-order valence-electron chi connectivity index (χ3n) is 5.03. The first kappa shape index (κ1) is 21.2. The van der Waals surface area contributed by atoms with E-state index >= 15 is 0 Å². The quantitative estimate of drug-likeness (QED) is 0.299. The van der Waals surface area contributed by atoms with Crippen LogP contribution in [0.1, 0.15) is 32.1 Å². The fraction of sp³-hybridized carbons (Fsp3) is 0.318. The first-order valence-corrected chi connectivity index (χ1v) is 12.2. The van der Waals surface area contributed by atoms with Crippen LogP contribution in [0.2, 0.25) is 5.02 Å². The number of rotatable bonds is 7. The third-order valence-corrected chi connectivity index (χ3v) is 7.18. The highest BCUT2D eigenvalue weighted by atomic mass is 35.5. The Morgan fingerprint density at radius 2 is 2.13 bits per heavy atom. The third kappa shape index (κ3) is 4.79. The van der Waals surface area contributed by atoms with Gasteiger partial charge in [0.1, 0.15) is 4.70 Å². The normalized spacial score (nSPS) is 14.0. The molecule has 0 aliphatic heterocycles. The lowest BCUT2D eigenvalue weighted by Gasteiger charge is -2.14. The number of fused-ring (bicyclic) bond motifs is 1. The zero-order valence-electron chi connectivity index (χ0n) is 16.4. The SMILES string of the molecule is O=C(CSc1nc2ccsc2c(=O)n1-c1ccccc1Cl)NCCC1=CCCCC1. The number of halogens is 1. The van der Waals surface area contributed by atoms with Crippen LogP contribution in [0.3, 0.4) is 0 Å². The molecule has 1 aliphatic carbocycles. The summed E-state index contributed by atoms with van der Waals surface area (Å²) in [5.74, 6) is 0.118. The highest BCUT2D eigenvalue weighted by Crippen LogP contribution is 2.27. The predicted molar refractivity (Wildman–Crippen MR) is 125 cm³/mol. The number of benzene rings is 1. The minimum Gasteiger partial charge on any atom is -0.355 e. The van der Waals surface area contributed by atoms with Crippen molar-refractivity contribution in [1.29, 1.82) is 0 Å². The molecule has 1 aliphatic rings. The van der Waals surface area contributed by atoms with Gasteiger partial charge in [-0.2, -0.15) is 0 Å². The summed E-state index contributed by atoms with van der Waals surface area (Å²) in [4.78, 5) is 30.1. The van der Waals surface area contributed by atoms with Crippen molar-refractivity contribution in [2.75, 3.05) is 12.3 Å². The Balaban J connectivity index is 1.50. The van der Waals surface area contributed by atoms with Crippen molar-refractivity contribution in [1.82, 2.24) is 14.9 Å². The second-order valence-electron chi connectivity index (χ2n) is 7.12. The summed E-state index contributed by atoms with van der Waals surface area (Å²) < 4.78 is 2.08. The van der Waals surface area contributed by atoms with Crippen LogP contribution in [0, 0.1) is 0 Å². The number of carbonyl (C=O) groups is 1. The summed E-state index contributed by atoms with van der Waals surface area (Å²) in [5, 5.41) is 5.75. The zero-order valence-corrected chi connectivity index (χ0v) is 18.8. The minimum atomic E-state index is -0.171. The van der Waals surface area contributed by atoms with Gasteiger partial charge in [-0.15, -0.1) is 11.3 Å². The van der Waals surface area contributed by atoms with E-state index in [-0.39, 0.29) is 17.2 Å². The Kier molecular flexibility index (Phi) is 6.92. The summed E-state index contributed by atoms with van der Waals surface area (Å²) in [5.41, 5.74) is 2.47. The molecule has 0 radical (unpaired) electrons. The molecule has 156 valence electrons. The van der Waals surface area contributed by atoms with Crippen LogP contribution in [0.25, 0.3) is 15.9 Å². The van der Waals surface area contributed by atoms with Crippen LogP contribution in [0.5, 0.6) is 0 Å². The van der Waals surface area contributed by atoms with E-state index in [9.17, 15) is 9.59 Å². The standard InChI is InChI=1S/C22H22ClN3O2S2/c23-16-8-4-5-9-18(16)26-21(28)20-17(11-13-29-20)25-22(26)30-14-19(27)24-12-10-15-6-2-1-3-7-15/h4-6,8-9,11,13H,1-3,7,10,12,14H2,(H,24,27). The van der Waals surface area contributed by atoms with Gasteiger partial charge in [0.25, 0.3) is 5.56 Å². The maximum absolute atomic E-state index is 13.1. The molecule has 0 atom stereocenters. The summed E-state index contributed by atoms with van der Waals surface area (Å²) in [6.45, 7) is 0.638. The summed E-state index contributed by atoms with van der Waals surface area (Å²) in [6, 6.07) is 8.99. The van der Waals surface area contributed by atoms with Gasteiger partial charge in [-0.25, -0.2) is 4.98 Å². The molecule has 1 amide bonds. The van der Waals surface area contributed by atoms with E-state index in [1.807, 2.05) is 23.6 Å². The number of thiophene rings is 1. The van der Waals surface area contributed by atoms with E-state index in [1.54, 1.807) is 12.1 Å². The first-order chi connectivity index (χ1) is 14.6. The van der Waals surface area contributed by atoms with Gasteiger partial charge in [-0.05, 0) is 55.7 Å². The molecular formula is C22H22ClN3O2S2. The van der Waals surface area contributed by atoms with Gasteiger partial charge in [-0.1, -0.05) is 47.1 Å². The van der Waals surface area contributed by atoms with Crippen LogP contribution in [0.4, 0.5) is 0 Å². The molecule has 0 unspecified atom stereocenters. The summed E-state index contributed by atoms with van der Waals surface area (Å²) in [7, 11) is 0. The molecule has 3 aromatic rings. The molecule has 0 bridgehead atoms. The fourth-order valence-corrected chi connectivity index (χ4v) is 5.33. The number of carbonyl (C=O) groups excluding carboxylic acids is 1. The zero-order chi connectivity index (χ0) is 20.9. The number of amides is 1. The largest absolute Gasteiger partial charge is 0.355 e. The average Bonchev–Trinajstić information content (AvgIpc) is 3.23. The minimum absolute atomic E-state index is 0.0678. The molecule has 8 heteroatoms. The number of nitrogens with zero attached hydrogens (tertiary/aromatic N) is 2. The van der Waals surface area contributed by atoms with Gasteiger partial charge >= 0.3 is 0 Å². The number of thioether (sulfide) groups is 1. The molecule has 0 saturated heterocycles. The molecule has 4 rings (SSSR count). The van der Waals surface area contributed by atoms with Crippen LogP contribution < -0.4 is 10.9 Å². The second kappa shape index (κ2) is 9.81. The van der Waals surface area contributed by atoms with Crippen molar-refractivity contribution in [2.24, 2.45) is 0 Å². The van der Waals surface area contributed by atoms with Gasteiger partial charge in [0.2, 0.25) is 5.91 Å². The molecule has 0 fully saturated rings. The number of hydrogen-bond donors (Lipinski definition) is 1. The summed E-state index contributed by atoms with van der Waals surface area (Å²) in [6.07, 6.45) is 7.99. The Labute approximate surface area is 188 Å². The number of hydrogen-bond acceptors (Lipinski definition) is 5. The van der Waals surface area contributed by atoms with Crippen molar-refractivity contribution >= 4 is 50.8 Å². The Morgan fingerprint density at radius 1 is 1.27 bits per heavy atom. The molecule has 30 heavy (non-hydrogen) atoms. The molecule has 2 heterocycles. The molecule has 1 N–H and O–H groups in total. The maximum atomic E-state index is 13.1. The van der Waals surface area contributed by atoms with Gasteiger partial charge in [0, 0.05) is 6.54 Å². The van der Waals surface area contributed by atoms with Crippen molar-refractivity contribution < 1.29 is 4.79 Å². The molecule has 0 saturated carbocycles. The monoisotopic (exact) mass is 459 g/mol. The lowest BCUT2D eigenvalue weighted by atomic mass is 9.97. The molecule has 2 aromatic heterocycles. The Hall–Kier alpha value is -2.09. The fourth-order valence-electron chi connectivity index (χ4n) is 3.51. The molecule has 0 spiro atoms. The maximum Gasteiger partial charge on any atom is 0.276 e. The van der Waals surface area contributed by atoms with Gasteiger partial charge in [-0.3, -0.25) is 14.2 Å². The van der Waals surface area contributed by atoms with Crippen LogP contribution >= 0.6 is 34.7 Å². The lowest BCUT2D eigenvalue weighted by Crippen LogP contribution is -2.27. The number of nitrogens with one attached hydrogen (secondary N) is 1. The first-order valence-electron chi connectivity index (χ1n) is 9.96. The van der Waals surface area contributed by atoms with E-state index < -0.39 is 0 Å². The summed E-state index contributed by atoms with van der Waals surface area (Å²) >= 11 is 8.96. The van der Waals surface area contributed by atoms with Crippen LogP contribution in [0.15, 0.2) is 57.3 Å². The number of aromatic nitrogens is 2. The Bertz CT molecular complexity index is 1150. The lowest BCUT2D eigenvalue weighted by molar-refractivity contribution is -0.118. The van der Waals surface area contributed by atoms with E-state index in [2.05, 4.69) is 16.4 Å². The second-order valence-corrected chi connectivity index (χ2v) is 9.38. The van der Waals surface area contributed by atoms with Crippen molar-refractivity contribution in [3.63, 3.8) is 0 Å². The van der Waals surface area contributed by atoms with E-state index in [0.29, 0.717) is 32.6 Å². The topological polar surface area (TPSA) is 64.0 Å². The Morgan fingerprint density at radius 3 is 2.93 bits per heavy atom. The molecule has 1 aromatic carbocycles. The van der Waals surface area contributed by atoms with Crippen molar-refractivity contribution in [3.8, 4) is 5.69 Å². The smallest absolute Gasteiger partial charge is 0.276 e. The van der Waals surface area contributed by atoms with E-state index in [0.717, 1.165) is 19.3 Å². The van der Waals surface area contributed by atoms with Crippen LogP contribution in [-0.2, 0) is 4.79 Å². The van der Waals surface area contributed by atoms with Crippen LogP contribution in [-0.4, -0.2) is 27.8 Å². The predicted octanol–water partition coefficient (Wildman–Crippen LogP) is 5.20. The van der Waals surface area contributed by atoms with Gasteiger partial charge < -0.3 is 5.32 Å². The number of para-hydroxylation sites is 1. The average molecular weight is 460 g/mol. The highest BCUT2D eigenvalue weighted by molar-refractivity contribution is 7.99. The number of allylic oxidation sites excluding steroid dienone is 1. The van der Waals surface area contributed by atoms with E-state index in [4.69, 9.17) is 11.6 Å². The van der Waals surface area contributed by atoms with E-state index in [1.165, 1.54) is 46.1 Å². The van der Waals surface area contributed by atoms with Crippen molar-refractivity contribution in [2.45, 2.75) is 37.3 Å². The van der Waals surface area contributed by atoms with Crippen molar-refractivity contribution in [3.05, 3.63) is 62.7 Å².